The molecule has 0 nitrogen and oxygen atoms in total. The molecule has 0 unspecified atom stereocenters. The minimum Gasteiger partial charge on any atom is -0.0808 e. The van der Waals surface area contributed by atoms with Gasteiger partial charge in [-0.05, 0) is 22.3 Å². The monoisotopic (exact) mass is 317 g/mol. The second kappa shape index (κ2) is 7.23. The second-order valence-corrected chi connectivity index (χ2v) is 6.13. The molecule has 0 aliphatic carbocycles. The summed E-state index contributed by atoms with van der Waals surface area (Å²) in [5.41, 5.74) is 7.41. The van der Waals surface area contributed by atoms with E-state index in [-0.39, 0.29) is 0 Å². The first-order valence-corrected chi connectivity index (χ1v) is 8.54. The van der Waals surface area contributed by atoms with Gasteiger partial charge in [0, 0.05) is 0 Å². The van der Waals surface area contributed by atoms with Crippen molar-refractivity contribution in [3.63, 3.8) is 0 Å². The van der Waals surface area contributed by atoms with E-state index in [9.17, 15) is 0 Å². The topological polar surface area (TPSA) is 0 Å². The molecule has 4 rings (SSSR count). The first-order chi connectivity index (χ1) is 12.4. The minimum atomic E-state index is 1.21. The summed E-state index contributed by atoms with van der Waals surface area (Å²) in [6, 6.07) is 38.4. The first kappa shape index (κ1) is 15.5. The number of benzene rings is 4. The van der Waals surface area contributed by atoms with Crippen molar-refractivity contribution in [2.45, 2.75) is 0 Å². The van der Waals surface area contributed by atoms with Crippen molar-refractivity contribution in [3.8, 4) is 22.3 Å². The van der Waals surface area contributed by atoms with E-state index in [4.69, 9.17) is 0 Å². The lowest BCUT2D eigenvalue weighted by molar-refractivity contribution is 1.63. The zero-order valence-electron chi connectivity index (χ0n) is 14.0. The van der Waals surface area contributed by atoms with Crippen molar-refractivity contribution in [2.75, 3.05) is 0 Å². The van der Waals surface area contributed by atoms with Crippen LogP contribution >= 0.6 is 0 Å². The lowest BCUT2D eigenvalue weighted by atomic mass is 9.63. The maximum atomic E-state index is 2.24. The van der Waals surface area contributed by atoms with Crippen LogP contribution in [0.25, 0.3) is 22.3 Å². The van der Waals surface area contributed by atoms with E-state index in [1.165, 1.54) is 33.2 Å². The van der Waals surface area contributed by atoms with Crippen LogP contribution < -0.4 is 10.9 Å². The lowest BCUT2D eigenvalue weighted by Crippen LogP contribution is -2.26. The van der Waals surface area contributed by atoms with Crippen molar-refractivity contribution >= 4 is 18.2 Å². The van der Waals surface area contributed by atoms with E-state index < -0.39 is 0 Å². The lowest BCUT2D eigenvalue weighted by Gasteiger charge is -2.07. The Morgan fingerprint density at radius 2 is 0.760 bits per heavy atom. The molecule has 0 spiro atoms. The summed E-state index contributed by atoms with van der Waals surface area (Å²) >= 11 is 0. The first-order valence-electron chi connectivity index (χ1n) is 8.54. The van der Waals surface area contributed by atoms with Gasteiger partial charge in [0.15, 0.2) is 7.28 Å². The molecule has 0 fully saturated rings. The quantitative estimate of drug-likeness (QED) is 0.480. The summed E-state index contributed by atoms with van der Waals surface area (Å²) < 4.78 is 0. The summed E-state index contributed by atoms with van der Waals surface area (Å²) in [6.07, 6.45) is 0. The van der Waals surface area contributed by atoms with E-state index in [1.807, 2.05) is 0 Å². The maximum Gasteiger partial charge on any atom is 0.191 e. The van der Waals surface area contributed by atoms with Gasteiger partial charge in [-0.1, -0.05) is 120 Å². The minimum absolute atomic E-state index is 1.21. The van der Waals surface area contributed by atoms with Crippen molar-refractivity contribution < 1.29 is 0 Å². The Morgan fingerprint density at radius 3 is 1.20 bits per heavy atom. The molecule has 4 aromatic rings. The SMILES string of the molecule is [B](c1cccc(-c2ccccc2)c1)c1cccc(-c2ccccc2)c1. The Labute approximate surface area is 150 Å². The zero-order chi connectivity index (χ0) is 16.9. The summed E-state index contributed by atoms with van der Waals surface area (Å²) in [7, 11) is 2.24. The van der Waals surface area contributed by atoms with Crippen LogP contribution in [-0.4, -0.2) is 7.28 Å². The molecular weight excluding hydrogens is 299 g/mol. The summed E-state index contributed by atoms with van der Waals surface area (Å²) in [5.74, 6) is 0. The van der Waals surface area contributed by atoms with Gasteiger partial charge in [-0.2, -0.15) is 0 Å². The Kier molecular flexibility index (Phi) is 4.47. The third-order valence-electron chi connectivity index (χ3n) is 4.32. The fourth-order valence-electron chi connectivity index (χ4n) is 3.07. The Balaban J connectivity index is 1.61. The molecule has 4 aromatic carbocycles. The molecule has 117 valence electrons. The van der Waals surface area contributed by atoms with Crippen LogP contribution in [-0.2, 0) is 0 Å². The van der Waals surface area contributed by atoms with Gasteiger partial charge in [-0.3, -0.25) is 0 Å². The van der Waals surface area contributed by atoms with Crippen molar-refractivity contribution in [3.05, 3.63) is 109 Å². The molecule has 0 heterocycles. The molecule has 0 aliphatic heterocycles. The molecule has 0 atom stereocenters. The molecular formula is C24H18B. The molecule has 0 saturated carbocycles. The zero-order valence-corrected chi connectivity index (χ0v) is 14.0. The van der Waals surface area contributed by atoms with Gasteiger partial charge in [-0.25, -0.2) is 0 Å². The van der Waals surface area contributed by atoms with E-state index >= 15 is 0 Å². The van der Waals surface area contributed by atoms with Crippen molar-refractivity contribution in [1.82, 2.24) is 0 Å². The predicted molar refractivity (Wildman–Crippen MR) is 109 cm³/mol. The van der Waals surface area contributed by atoms with Crippen molar-refractivity contribution in [2.24, 2.45) is 0 Å². The Hall–Kier alpha value is -3.06. The van der Waals surface area contributed by atoms with Crippen LogP contribution in [0.15, 0.2) is 109 Å². The van der Waals surface area contributed by atoms with Crippen molar-refractivity contribution in [1.29, 1.82) is 0 Å². The molecule has 1 heteroatoms. The smallest absolute Gasteiger partial charge is 0.0808 e. The van der Waals surface area contributed by atoms with Gasteiger partial charge in [0.05, 0.1) is 0 Å². The molecule has 0 amide bonds. The summed E-state index contributed by atoms with van der Waals surface area (Å²) in [4.78, 5) is 0. The normalized spacial score (nSPS) is 10.4. The fraction of sp³-hybridized carbons (Fsp3) is 0. The van der Waals surface area contributed by atoms with Gasteiger partial charge < -0.3 is 0 Å². The summed E-state index contributed by atoms with van der Waals surface area (Å²) in [6.45, 7) is 0. The highest BCUT2D eigenvalue weighted by Crippen LogP contribution is 2.18. The van der Waals surface area contributed by atoms with Gasteiger partial charge in [0.2, 0.25) is 0 Å². The fourth-order valence-corrected chi connectivity index (χ4v) is 3.07. The van der Waals surface area contributed by atoms with Crippen LogP contribution in [0.3, 0.4) is 0 Å². The average molecular weight is 317 g/mol. The Morgan fingerprint density at radius 1 is 0.360 bits per heavy atom. The molecule has 0 aromatic heterocycles. The molecule has 0 saturated heterocycles. The van der Waals surface area contributed by atoms with Gasteiger partial charge in [0.25, 0.3) is 0 Å². The van der Waals surface area contributed by atoms with E-state index in [2.05, 4.69) is 116 Å². The van der Waals surface area contributed by atoms with Gasteiger partial charge in [0.1, 0.15) is 0 Å². The predicted octanol–water partition coefficient (Wildman–Crippen LogP) is 4.68. The standard InChI is InChI=1S/C24H18B/c1-3-9-19(10-4-1)21-13-7-15-23(17-21)25-24-16-8-14-22(18-24)20-11-5-2-6-12-20/h1-18H. The number of hydrogen-bond acceptors (Lipinski definition) is 0. The highest BCUT2D eigenvalue weighted by molar-refractivity contribution is 6.67. The van der Waals surface area contributed by atoms with E-state index in [0.29, 0.717) is 0 Å². The van der Waals surface area contributed by atoms with Crippen LogP contribution in [0.4, 0.5) is 0 Å². The third-order valence-corrected chi connectivity index (χ3v) is 4.32. The Bertz CT molecular complexity index is 878. The molecule has 25 heavy (non-hydrogen) atoms. The molecule has 0 bridgehead atoms. The van der Waals surface area contributed by atoms with Gasteiger partial charge >= 0.3 is 0 Å². The largest absolute Gasteiger partial charge is 0.191 e. The highest BCUT2D eigenvalue weighted by Gasteiger charge is 2.04. The van der Waals surface area contributed by atoms with E-state index in [1.54, 1.807) is 0 Å². The molecule has 0 N–H and O–H groups in total. The molecule has 0 aliphatic rings. The maximum absolute atomic E-state index is 2.24. The van der Waals surface area contributed by atoms with Crippen LogP contribution in [0.5, 0.6) is 0 Å². The number of rotatable bonds is 4. The molecule has 1 radical (unpaired) electrons. The average Bonchev–Trinajstić information content (AvgIpc) is 2.70. The van der Waals surface area contributed by atoms with E-state index in [0.717, 1.165) is 0 Å². The third kappa shape index (κ3) is 3.72. The second-order valence-electron chi connectivity index (χ2n) is 6.13. The van der Waals surface area contributed by atoms with Crippen LogP contribution in [0, 0.1) is 0 Å². The van der Waals surface area contributed by atoms with Gasteiger partial charge in [-0.15, -0.1) is 0 Å². The highest BCUT2D eigenvalue weighted by atomic mass is 14.0. The van der Waals surface area contributed by atoms with Crippen LogP contribution in [0.1, 0.15) is 0 Å². The number of hydrogen-bond donors (Lipinski definition) is 0. The summed E-state index contributed by atoms with van der Waals surface area (Å²) in [5, 5.41) is 0. The van der Waals surface area contributed by atoms with Crippen LogP contribution in [0.2, 0.25) is 0 Å².